The second-order valence-electron chi connectivity index (χ2n) is 5.53. The van der Waals surface area contributed by atoms with E-state index >= 15 is 0 Å². The van der Waals surface area contributed by atoms with Crippen molar-refractivity contribution in [3.63, 3.8) is 0 Å². The van der Waals surface area contributed by atoms with Crippen molar-refractivity contribution in [2.24, 2.45) is 0 Å². The van der Waals surface area contributed by atoms with Crippen molar-refractivity contribution in [3.8, 4) is 0 Å². The number of rotatable bonds is 6. The number of carbonyl (C=O) groups is 2. The average Bonchev–Trinajstić information content (AvgIpc) is 2.85. The van der Waals surface area contributed by atoms with Gasteiger partial charge in [0, 0.05) is 0 Å². The van der Waals surface area contributed by atoms with Gasteiger partial charge in [0.1, 0.15) is 0 Å². The Morgan fingerprint density at radius 1 is 1.38 bits per heavy atom. The van der Waals surface area contributed by atoms with Gasteiger partial charge >= 0.3 is 149 Å². The standard InChI is InChI=1S/C9H11F2O6.C6H5.Bi/c1-8(2)16-3-5(17-8)6(15-4-12)9(10,11)7(13)14;1-2-4-6-5-3-1;/h5-6H,3H2,1-2H3,(H,13,14);1-5H;/p-1/t5-,6-;;/m1../s1. The van der Waals surface area contributed by atoms with Gasteiger partial charge in [-0.05, 0) is 0 Å². The van der Waals surface area contributed by atoms with E-state index in [2.05, 4.69) is 0 Å². The Morgan fingerprint density at radius 2 is 2.00 bits per heavy atom. The molecule has 1 heterocycles. The van der Waals surface area contributed by atoms with Crippen LogP contribution in [0.1, 0.15) is 13.8 Å². The molecule has 2 atom stereocenters. The summed E-state index contributed by atoms with van der Waals surface area (Å²) in [6.45, 7) is 2.67. The number of carbonyl (C=O) groups excluding carboxylic acids is 2. The SMILES string of the molecule is CC1(C)OC[C@H]([C@@H](O[C](=O)[Bi][c]2ccccc2)C(F)(F)C(=O)[O-])O1. The number of alkyl halides is 2. The van der Waals surface area contributed by atoms with Crippen molar-refractivity contribution in [2.45, 2.75) is 37.8 Å². The predicted molar refractivity (Wildman–Crippen MR) is 77.0 cm³/mol. The van der Waals surface area contributed by atoms with E-state index in [1.165, 1.54) is 13.8 Å². The molecule has 0 amide bonds. The van der Waals surface area contributed by atoms with Gasteiger partial charge in [-0.2, -0.15) is 0 Å². The number of carboxylic acids is 1. The zero-order valence-corrected chi connectivity index (χ0v) is 16.4. The first-order valence-corrected chi connectivity index (χ1v) is 10.5. The van der Waals surface area contributed by atoms with Gasteiger partial charge in [0.25, 0.3) is 0 Å². The van der Waals surface area contributed by atoms with E-state index in [4.69, 9.17) is 14.2 Å². The molecule has 0 N–H and O–H groups in total. The second kappa shape index (κ2) is 7.37. The molecule has 1 aliphatic heterocycles. The van der Waals surface area contributed by atoms with Crippen LogP contribution in [-0.2, 0) is 19.0 Å². The molecule has 0 bridgehead atoms. The van der Waals surface area contributed by atoms with Gasteiger partial charge in [0.15, 0.2) is 0 Å². The van der Waals surface area contributed by atoms with E-state index in [9.17, 15) is 23.5 Å². The first-order chi connectivity index (χ1) is 11.1. The normalized spacial score (nSPS) is 21.2. The van der Waals surface area contributed by atoms with Crippen LogP contribution in [0.25, 0.3) is 0 Å². The maximum absolute atomic E-state index is 14.0. The van der Waals surface area contributed by atoms with Gasteiger partial charge in [-0.3, -0.25) is 0 Å². The van der Waals surface area contributed by atoms with Gasteiger partial charge in [0.05, 0.1) is 0 Å². The summed E-state index contributed by atoms with van der Waals surface area (Å²) in [5.41, 5.74) is 0. The van der Waals surface area contributed by atoms with Crippen LogP contribution in [0, 0.1) is 0 Å². The summed E-state index contributed by atoms with van der Waals surface area (Å²) in [6, 6.07) is 8.59. The fourth-order valence-corrected chi connectivity index (χ4v) is 4.82. The predicted octanol–water partition coefficient (Wildman–Crippen LogP) is 0.0580. The number of halogens is 2. The molecule has 1 fully saturated rings. The van der Waals surface area contributed by atoms with Crippen molar-refractivity contribution in [1.82, 2.24) is 0 Å². The number of hydrogen-bond donors (Lipinski definition) is 0. The summed E-state index contributed by atoms with van der Waals surface area (Å²) in [5, 5.41) is 10.8. The number of carboxylic acid groups (broad SMARTS) is 1. The van der Waals surface area contributed by atoms with Crippen molar-refractivity contribution < 1.29 is 37.7 Å². The van der Waals surface area contributed by atoms with Crippen molar-refractivity contribution in [3.05, 3.63) is 30.3 Å². The summed E-state index contributed by atoms with van der Waals surface area (Å²) in [6.07, 6.45) is -3.70. The van der Waals surface area contributed by atoms with Crippen molar-refractivity contribution in [1.29, 1.82) is 0 Å². The first kappa shape index (κ1) is 19.2. The van der Waals surface area contributed by atoms with Crippen LogP contribution in [0.3, 0.4) is 0 Å². The Balaban J connectivity index is 2.14. The van der Waals surface area contributed by atoms with Crippen LogP contribution in [0.4, 0.5) is 13.6 Å². The third kappa shape index (κ3) is 4.68. The van der Waals surface area contributed by atoms with Crippen LogP contribution in [0.2, 0.25) is 0 Å². The molecule has 24 heavy (non-hydrogen) atoms. The monoisotopic (exact) mass is 538 g/mol. The zero-order chi connectivity index (χ0) is 18.0. The van der Waals surface area contributed by atoms with Gasteiger partial charge in [-0.25, -0.2) is 0 Å². The van der Waals surface area contributed by atoms with Gasteiger partial charge < -0.3 is 0 Å². The quantitative estimate of drug-likeness (QED) is 0.477. The van der Waals surface area contributed by atoms with E-state index in [0.29, 0.717) is 0 Å². The third-order valence-electron chi connectivity index (χ3n) is 3.20. The number of ether oxygens (including phenoxy) is 3. The molecule has 1 radical (unpaired) electrons. The van der Waals surface area contributed by atoms with Gasteiger partial charge in [-0.1, -0.05) is 0 Å². The molecular weight excluding hydrogens is 523 g/mol. The minimum absolute atomic E-state index is 0.314. The Kier molecular flexibility index (Phi) is 5.88. The Hall–Kier alpha value is -1.18. The van der Waals surface area contributed by atoms with Crippen molar-refractivity contribution >= 4 is 36.2 Å². The summed E-state index contributed by atoms with van der Waals surface area (Å²) in [5.74, 6) is -8.18. The van der Waals surface area contributed by atoms with Gasteiger partial charge in [-0.15, -0.1) is 0 Å². The molecule has 6 nitrogen and oxygen atoms in total. The molecule has 1 aromatic rings. The van der Waals surface area contributed by atoms with Crippen LogP contribution < -0.4 is 8.38 Å². The molecule has 1 aliphatic rings. The number of benzene rings is 1. The van der Waals surface area contributed by atoms with Crippen LogP contribution in [-0.4, -0.2) is 63.4 Å². The molecule has 9 heteroatoms. The summed E-state index contributed by atoms with van der Waals surface area (Å²) < 4.78 is 43.1. The van der Waals surface area contributed by atoms with E-state index in [-0.39, 0.29) is 6.61 Å². The molecule has 0 aromatic heterocycles. The molecule has 0 aliphatic carbocycles. The minimum atomic E-state index is -4.39. The topological polar surface area (TPSA) is 84.9 Å². The molecule has 0 spiro atoms. The Bertz CT molecular complexity index is 607. The molecule has 0 unspecified atom stereocenters. The summed E-state index contributed by atoms with van der Waals surface area (Å²) in [4.78, 5) is 22.8. The molecule has 1 aromatic carbocycles. The zero-order valence-electron chi connectivity index (χ0n) is 12.9. The van der Waals surface area contributed by atoms with Crippen LogP contribution in [0.15, 0.2) is 30.3 Å². The maximum atomic E-state index is 14.0. The fourth-order valence-electron chi connectivity index (χ4n) is 2.11. The second-order valence-corrected chi connectivity index (χ2v) is 9.83. The van der Waals surface area contributed by atoms with E-state index < -0.39 is 56.8 Å². The summed E-state index contributed by atoms with van der Waals surface area (Å²) in [7, 11) is 0. The molecule has 1 saturated heterocycles. The van der Waals surface area contributed by atoms with E-state index in [1.54, 1.807) is 30.3 Å². The average molecular weight is 538 g/mol. The Labute approximate surface area is 148 Å². The van der Waals surface area contributed by atoms with Crippen molar-refractivity contribution in [2.75, 3.05) is 6.61 Å². The molecule has 2 rings (SSSR count). The van der Waals surface area contributed by atoms with E-state index in [0.717, 1.165) is 3.27 Å². The van der Waals surface area contributed by atoms with Crippen LogP contribution >= 0.6 is 0 Å². The summed E-state index contributed by atoms with van der Waals surface area (Å²) >= 11 is -2.09. The van der Waals surface area contributed by atoms with Gasteiger partial charge in [0.2, 0.25) is 0 Å². The number of hydrogen-bond acceptors (Lipinski definition) is 6. The fraction of sp³-hybridized carbons (Fsp3) is 0.467. The molecule has 0 saturated carbocycles. The number of aliphatic carboxylic acids is 1. The third-order valence-corrected chi connectivity index (χ3v) is 6.48. The van der Waals surface area contributed by atoms with E-state index in [1.807, 2.05) is 0 Å². The Morgan fingerprint density at radius 3 is 2.50 bits per heavy atom. The molecule has 131 valence electrons. The first-order valence-electron chi connectivity index (χ1n) is 7.00. The van der Waals surface area contributed by atoms with Crippen LogP contribution in [0.5, 0.6) is 0 Å². The molecular formula is C15H15BiF2O6-.